The van der Waals surface area contributed by atoms with Gasteiger partial charge in [0.05, 0.1) is 13.0 Å². The first-order valence-electron chi connectivity index (χ1n) is 14.3. The van der Waals surface area contributed by atoms with Gasteiger partial charge in [0.2, 0.25) is 17.7 Å². The van der Waals surface area contributed by atoms with Gasteiger partial charge in [-0.05, 0) is 61.1 Å². The molecular formula is C30H45N3O6. The van der Waals surface area contributed by atoms with Gasteiger partial charge < -0.3 is 24.5 Å². The van der Waals surface area contributed by atoms with E-state index in [9.17, 15) is 19.2 Å². The smallest absolute Gasteiger partial charge is 0.307 e. The van der Waals surface area contributed by atoms with Crippen LogP contribution in [0, 0.1) is 17.8 Å². The van der Waals surface area contributed by atoms with Crippen LogP contribution in [-0.4, -0.2) is 88.4 Å². The topological polar surface area (TPSA) is 107 Å². The summed E-state index contributed by atoms with van der Waals surface area (Å²) < 4.78 is 5.95. The number of piperidine rings is 1. The Labute approximate surface area is 232 Å². The predicted octanol–water partition coefficient (Wildman–Crippen LogP) is 3.45. The Hall–Kier alpha value is -3.10. The molecule has 0 spiro atoms. The van der Waals surface area contributed by atoms with Gasteiger partial charge in [0.1, 0.15) is 17.8 Å². The van der Waals surface area contributed by atoms with Crippen molar-refractivity contribution in [2.45, 2.75) is 78.8 Å². The Morgan fingerprint density at radius 1 is 0.974 bits per heavy atom. The molecule has 1 aromatic rings. The molecule has 9 heteroatoms. The fraction of sp³-hybridized carbons (Fsp3) is 0.667. The molecule has 2 heterocycles. The van der Waals surface area contributed by atoms with Crippen LogP contribution in [0.3, 0.4) is 0 Å². The molecule has 216 valence electrons. The van der Waals surface area contributed by atoms with E-state index in [-0.39, 0.29) is 36.0 Å². The summed E-state index contributed by atoms with van der Waals surface area (Å²) in [4.78, 5) is 55.9. The van der Waals surface area contributed by atoms with E-state index in [2.05, 4.69) is 13.8 Å². The highest BCUT2D eigenvalue weighted by molar-refractivity contribution is 5.92. The van der Waals surface area contributed by atoms with Crippen LogP contribution in [-0.2, 0) is 25.6 Å². The largest absolute Gasteiger partial charge is 0.493 e. The predicted molar refractivity (Wildman–Crippen MR) is 148 cm³/mol. The third-order valence-corrected chi connectivity index (χ3v) is 7.67. The average Bonchev–Trinajstić information content (AvgIpc) is 2.87. The minimum atomic E-state index is -0.862. The lowest BCUT2D eigenvalue weighted by molar-refractivity contribution is -0.159. The van der Waals surface area contributed by atoms with Gasteiger partial charge in [-0.2, -0.15) is 0 Å². The molecule has 0 aliphatic carbocycles. The van der Waals surface area contributed by atoms with Gasteiger partial charge in [0, 0.05) is 33.1 Å². The summed E-state index contributed by atoms with van der Waals surface area (Å²) in [6.07, 6.45) is 2.81. The average molecular weight is 544 g/mol. The number of carbonyl (C=O) groups excluding carboxylic acids is 3. The first kappa shape index (κ1) is 30.4. The third-order valence-electron chi connectivity index (χ3n) is 7.67. The summed E-state index contributed by atoms with van der Waals surface area (Å²) in [7, 11) is 0. The molecule has 0 radical (unpaired) electrons. The van der Waals surface area contributed by atoms with Gasteiger partial charge in [-0.25, -0.2) is 0 Å². The van der Waals surface area contributed by atoms with E-state index < -0.39 is 18.1 Å². The van der Waals surface area contributed by atoms with Crippen molar-refractivity contribution in [1.29, 1.82) is 0 Å². The van der Waals surface area contributed by atoms with Crippen molar-refractivity contribution in [3.8, 4) is 5.75 Å². The number of carbonyl (C=O) groups is 4. The minimum absolute atomic E-state index is 0.00464. The van der Waals surface area contributed by atoms with E-state index in [1.54, 1.807) is 34.1 Å². The number of rotatable bonds is 11. The third kappa shape index (κ3) is 8.44. The molecule has 0 aromatic heterocycles. The molecule has 2 fully saturated rings. The Morgan fingerprint density at radius 2 is 1.62 bits per heavy atom. The van der Waals surface area contributed by atoms with Crippen molar-refractivity contribution >= 4 is 23.7 Å². The number of nitrogens with zero attached hydrogens (tertiary/aromatic N) is 3. The fourth-order valence-electron chi connectivity index (χ4n) is 5.60. The summed E-state index contributed by atoms with van der Waals surface area (Å²) in [5.41, 5.74) is 0.731. The van der Waals surface area contributed by atoms with Crippen LogP contribution in [0.4, 0.5) is 0 Å². The van der Waals surface area contributed by atoms with E-state index in [4.69, 9.17) is 9.84 Å². The lowest BCUT2D eigenvalue weighted by Gasteiger charge is -2.45. The highest BCUT2D eigenvalue weighted by Crippen LogP contribution is 2.26. The summed E-state index contributed by atoms with van der Waals surface area (Å²) in [6.45, 7) is 12.4. The van der Waals surface area contributed by atoms with E-state index in [1.165, 1.54) is 6.92 Å². The van der Waals surface area contributed by atoms with Crippen LogP contribution in [0.15, 0.2) is 24.3 Å². The van der Waals surface area contributed by atoms with E-state index in [1.807, 2.05) is 18.7 Å². The first-order valence-corrected chi connectivity index (χ1v) is 14.3. The number of carboxylic acids is 1. The van der Waals surface area contributed by atoms with Crippen molar-refractivity contribution in [3.63, 3.8) is 0 Å². The van der Waals surface area contributed by atoms with E-state index >= 15 is 0 Å². The number of piperazine rings is 1. The van der Waals surface area contributed by atoms with Crippen LogP contribution >= 0.6 is 0 Å². The molecule has 39 heavy (non-hydrogen) atoms. The number of aliphatic carboxylic acids is 1. The molecule has 2 saturated heterocycles. The van der Waals surface area contributed by atoms with Gasteiger partial charge in [0.25, 0.3) is 0 Å². The first-order chi connectivity index (χ1) is 18.5. The quantitative estimate of drug-likeness (QED) is 0.458. The molecule has 3 amide bonds. The zero-order valence-corrected chi connectivity index (χ0v) is 24.1. The molecule has 2 aliphatic rings. The maximum atomic E-state index is 13.8. The molecule has 0 bridgehead atoms. The van der Waals surface area contributed by atoms with E-state index in [0.29, 0.717) is 57.3 Å². The Balaban J connectivity index is 1.60. The number of likely N-dealkylation sites (tertiary alicyclic amines) is 1. The van der Waals surface area contributed by atoms with Gasteiger partial charge in [0.15, 0.2) is 0 Å². The molecule has 0 saturated carbocycles. The second-order valence-electron chi connectivity index (χ2n) is 11.8. The molecule has 2 unspecified atom stereocenters. The van der Waals surface area contributed by atoms with Crippen molar-refractivity contribution < 1.29 is 29.0 Å². The normalized spacial score (nSPS) is 19.5. The zero-order chi connectivity index (χ0) is 28.7. The Kier molecular flexibility index (Phi) is 10.8. The second-order valence-corrected chi connectivity index (χ2v) is 11.8. The van der Waals surface area contributed by atoms with Gasteiger partial charge in [-0.1, -0.05) is 39.8 Å². The maximum Gasteiger partial charge on any atom is 0.307 e. The molecule has 2 aliphatic heterocycles. The Bertz CT molecular complexity index is 1000. The van der Waals surface area contributed by atoms with Crippen LogP contribution in [0.25, 0.3) is 0 Å². The lowest BCUT2D eigenvalue weighted by Crippen LogP contribution is -2.63. The van der Waals surface area contributed by atoms with Crippen molar-refractivity contribution in [3.05, 3.63) is 29.8 Å². The molecule has 2 atom stereocenters. The molecular weight excluding hydrogens is 498 g/mol. The lowest BCUT2D eigenvalue weighted by atomic mass is 9.93. The number of hydrogen-bond acceptors (Lipinski definition) is 5. The van der Waals surface area contributed by atoms with Gasteiger partial charge in [-0.15, -0.1) is 0 Å². The number of ether oxygens (including phenoxy) is 1. The maximum absolute atomic E-state index is 13.8. The zero-order valence-electron chi connectivity index (χ0n) is 24.1. The molecule has 1 N–H and O–H groups in total. The van der Waals surface area contributed by atoms with Gasteiger partial charge >= 0.3 is 5.97 Å². The second kappa shape index (κ2) is 13.8. The monoisotopic (exact) mass is 543 g/mol. The number of amides is 3. The van der Waals surface area contributed by atoms with Crippen molar-refractivity contribution in [2.24, 2.45) is 17.8 Å². The fourth-order valence-corrected chi connectivity index (χ4v) is 5.60. The summed E-state index contributed by atoms with van der Waals surface area (Å²) in [6, 6.07) is 6.09. The Morgan fingerprint density at radius 3 is 2.15 bits per heavy atom. The highest BCUT2D eigenvalue weighted by atomic mass is 16.5. The van der Waals surface area contributed by atoms with Crippen LogP contribution in [0.1, 0.15) is 65.9 Å². The summed E-state index contributed by atoms with van der Waals surface area (Å²) in [5, 5.41) is 8.91. The minimum Gasteiger partial charge on any atom is -0.493 e. The number of hydrogen-bond donors (Lipinski definition) is 1. The molecule has 3 rings (SSSR count). The van der Waals surface area contributed by atoms with Crippen molar-refractivity contribution in [1.82, 2.24) is 14.7 Å². The summed E-state index contributed by atoms with van der Waals surface area (Å²) >= 11 is 0. The summed E-state index contributed by atoms with van der Waals surface area (Å²) in [5.74, 6) is 0.454. The van der Waals surface area contributed by atoms with E-state index in [0.717, 1.165) is 18.4 Å². The van der Waals surface area contributed by atoms with Gasteiger partial charge in [-0.3, -0.25) is 19.2 Å². The van der Waals surface area contributed by atoms with Crippen LogP contribution in [0.2, 0.25) is 0 Å². The van der Waals surface area contributed by atoms with Crippen LogP contribution < -0.4 is 4.74 Å². The number of carboxylic acid groups (broad SMARTS) is 1. The molecule has 1 aromatic carbocycles. The highest BCUT2D eigenvalue weighted by Gasteiger charge is 2.42. The standard InChI is InChI=1S/C30H45N3O6/c1-20(2)16-26(33-15-14-32(22(5)34)27(30(33)38)17-21(3)4)29(37)31-12-10-24(11-13-31)19-39-25-8-6-23(7-9-25)18-28(35)36/h6-9,20-21,24,26-27H,10-19H2,1-5H3,(H,35,36). The molecule has 9 nitrogen and oxygen atoms in total. The SMILES string of the molecule is CC(=O)N1CCN(C(CC(C)C)C(=O)N2CCC(COc3ccc(CC(=O)O)cc3)CC2)C(=O)C1CC(C)C. The van der Waals surface area contributed by atoms with Crippen molar-refractivity contribution in [2.75, 3.05) is 32.8 Å². The van der Waals surface area contributed by atoms with Crippen LogP contribution in [0.5, 0.6) is 5.75 Å². The number of benzene rings is 1.